The molecular weight excluding hydrogens is 295 g/mol. The van der Waals surface area contributed by atoms with E-state index in [9.17, 15) is 0 Å². The van der Waals surface area contributed by atoms with Gasteiger partial charge in [-0.15, -0.1) is 0 Å². The van der Waals surface area contributed by atoms with Crippen LogP contribution in [0.25, 0.3) is 0 Å². The van der Waals surface area contributed by atoms with E-state index in [1.165, 1.54) is 70.6 Å². The van der Waals surface area contributed by atoms with Gasteiger partial charge in [-0.25, -0.2) is 0 Å². The third kappa shape index (κ3) is 12.7. The zero-order chi connectivity index (χ0) is 11.4. The first kappa shape index (κ1) is 15.7. The van der Waals surface area contributed by atoms with Gasteiger partial charge in [0.25, 0.3) is 0 Å². The van der Waals surface area contributed by atoms with Gasteiger partial charge in [-0.2, -0.15) is 0 Å². The molecule has 1 unspecified atom stereocenters. The zero-order valence-electron chi connectivity index (χ0n) is 10.7. The van der Waals surface area contributed by atoms with Crippen molar-refractivity contribution in [3.05, 3.63) is 0 Å². The minimum Gasteiger partial charge on any atom is -0.0826 e. The minimum atomic E-state index is 0.923. The largest absolute Gasteiger partial charge is 0.0826 e. The molecule has 0 bridgehead atoms. The molecule has 0 radical (unpaired) electrons. The van der Waals surface area contributed by atoms with Crippen LogP contribution in [0.4, 0.5) is 0 Å². The van der Waals surface area contributed by atoms with E-state index in [1.807, 2.05) is 0 Å². The Balaban J connectivity index is 2.92. The number of alkyl halides is 1. The number of hydrogen-bond donors (Lipinski definition) is 0. The maximum Gasteiger partial charge on any atom is 0.0107 e. The fourth-order valence-corrected chi connectivity index (χ4v) is 2.32. The summed E-state index contributed by atoms with van der Waals surface area (Å²) in [6, 6.07) is 0. The van der Waals surface area contributed by atoms with Gasteiger partial charge in [-0.3, -0.25) is 0 Å². The molecule has 0 nitrogen and oxygen atoms in total. The van der Waals surface area contributed by atoms with Crippen molar-refractivity contribution in [2.24, 2.45) is 0 Å². The molecule has 0 aromatic carbocycles. The van der Waals surface area contributed by atoms with Crippen LogP contribution in [-0.4, -0.2) is 3.92 Å². The molecule has 0 N–H and O–H groups in total. The molecule has 92 valence electrons. The summed E-state index contributed by atoms with van der Waals surface area (Å²) in [5, 5.41) is 0. The van der Waals surface area contributed by atoms with Crippen molar-refractivity contribution < 1.29 is 0 Å². The molecule has 0 spiro atoms. The van der Waals surface area contributed by atoms with Gasteiger partial charge in [0.1, 0.15) is 0 Å². The summed E-state index contributed by atoms with van der Waals surface area (Å²) in [5.41, 5.74) is 0. The highest BCUT2D eigenvalue weighted by atomic mass is 127. The fourth-order valence-electron chi connectivity index (χ4n) is 1.88. The highest BCUT2D eigenvalue weighted by Gasteiger charge is 1.99. The van der Waals surface area contributed by atoms with Crippen LogP contribution in [0.15, 0.2) is 0 Å². The van der Waals surface area contributed by atoms with Crippen LogP contribution in [0.1, 0.15) is 84.5 Å². The molecule has 0 aromatic rings. The normalized spacial score (nSPS) is 13.0. The first-order chi connectivity index (χ1) is 7.31. The lowest BCUT2D eigenvalue weighted by atomic mass is 10.1. The SMILES string of the molecule is CCCCCCCCCCCC(I)CC. The summed E-state index contributed by atoms with van der Waals surface area (Å²) in [6.07, 6.45) is 15.9. The van der Waals surface area contributed by atoms with Crippen LogP contribution in [0, 0.1) is 0 Å². The molecule has 1 atom stereocenters. The highest BCUT2D eigenvalue weighted by Crippen LogP contribution is 2.16. The summed E-state index contributed by atoms with van der Waals surface area (Å²) in [6.45, 7) is 4.58. The van der Waals surface area contributed by atoms with Crippen molar-refractivity contribution >= 4 is 22.6 Å². The average molecular weight is 324 g/mol. The Morgan fingerprint density at radius 2 is 1.20 bits per heavy atom. The van der Waals surface area contributed by atoms with Crippen molar-refractivity contribution in [3.8, 4) is 0 Å². The molecule has 0 aliphatic carbocycles. The van der Waals surface area contributed by atoms with E-state index in [1.54, 1.807) is 0 Å². The molecule has 15 heavy (non-hydrogen) atoms. The second-order valence-corrected chi connectivity index (χ2v) is 6.38. The fraction of sp³-hybridized carbons (Fsp3) is 1.00. The van der Waals surface area contributed by atoms with E-state index in [4.69, 9.17) is 0 Å². The average Bonchev–Trinajstić information content (AvgIpc) is 2.26. The van der Waals surface area contributed by atoms with Crippen LogP contribution in [0.5, 0.6) is 0 Å². The first-order valence-electron chi connectivity index (χ1n) is 6.95. The van der Waals surface area contributed by atoms with Gasteiger partial charge < -0.3 is 0 Å². The molecule has 0 heterocycles. The number of unbranched alkanes of at least 4 members (excludes halogenated alkanes) is 8. The lowest BCUT2D eigenvalue weighted by Gasteiger charge is -2.05. The van der Waals surface area contributed by atoms with E-state index in [0.29, 0.717) is 0 Å². The van der Waals surface area contributed by atoms with Gasteiger partial charge >= 0.3 is 0 Å². The van der Waals surface area contributed by atoms with Crippen molar-refractivity contribution in [1.29, 1.82) is 0 Å². The number of rotatable bonds is 11. The Morgan fingerprint density at radius 1 is 0.733 bits per heavy atom. The molecular formula is C14H29I. The third-order valence-corrected chi connectivity index (χ3v) is 4.57. The van der Waals surface area contributed by atoms with Gasteiger partial charge in [-0.05, 0) is 12.8 Å². The predicted octanol–water partition coefficient (Wildman–Crippen LogP) is 6.12. The Bertz CT molecular complexity index is 112. The van der Waals surface area contributed by atoms with Crippen molar-refractivity contribution in [1.82, 2.24) is 0 Å². The lowest BCUT2D eigenvalue weighted by Crippen LogP contribution is -1.94. The van der Waals surface area contributed by atoms with Gasteiger partial charge in [-0.1, -0.05) is 94.2 Å². The van der Waals surface area contributed by atoms with Crippen molar-refractivity contribution in [2.75, 3.05) is 0 Å². The summed E-state index contributed by atoms with van der Waals surface area (Å²) in [4.78, 5) is 0. The molecule has 0 aliphatic heterocycles. The van der Waals surface area contributed by atoms with Crippen molar-refractivity contribution in [2.45, 2.75) is 88.4 Å². The molecule has 0 saturated carbocycles. The lowest BCUT2D eigenvalue weighted by molar-refractivity contribution is 0.553. The van der Waals surface area contributed by atoms with Crippen LogP contribution in [0.2, 0.25) is 0 Å². The van der Waals surface area contributed by atoms with Crippen LogP contribution in [0.3, 0.4) is 0 Å². The topological polar surface area (TPSA) is 0 Å². The molecule has 1 heteroatoms. The van der Waals surface area contributed by atoms with Gasteiger partial charge in [0.15, 0.2) is 0 Å². The molecule has 0 aliphatic rings. The van der Waals surface area contributed by atoms with Crippen LogP contribution < -0.4 is 0 Å². The van der Waals surface area contributed by atoms with Gasteiger partial charge in [0.05, 0.1) is 0 Å². The molecule has 0 aromatic heterocycles. The zero-order valence-corrected chi connectivity index (χ0v) is 12.9. The second kappa shape index (κ2) is 12.8. The summed E-state index contributed by atoms with van der Waals surface area (Å²) in [7, 11) is 0. The summed E-state index contributed by atoms with van der Waals surface area (Å²) in [5.74, 6) is 0. The highest BCUT2D eigenvalue weighted by molar-refractivity contribution is 14.1. The number of hydrogen-bond acceptors (Lipinski definition) is 0. The van der Waals surface area contributed by atoms with Gasteiger partial charge in [0, 0.05) is 3.92 Å². The van der Waals surface area contributed by atoms with E-state index < -0.39 is 0 Å². The molecule has 0 rings (SSSR count). The maximum absolute atomic E-state index is 2.59. The van der Waals surface area contributed by atoms with E-state index in [0.717, 1.165) is 3.92 Å². The van der Waals surface area contributed by atoms with Gasteiger partial charge in [0.2, 0.25) is 0 Å². The minimum absolute atomic E-state index is 0.923. The third-order valence-electron chi connectivity index (χ3n) is 3.06. The Hall–Kier alpha value is 0.730. The van der Waals surface area contributed by atoms with E-state index >= 15 is 0 Å². The molecule has 0 fully saturated rings. The molecule has 0 saturated heterocycles. The first-order valence-corrected chi connectivity index (χ1v) is 8.19. The van der Waals surface area contributed by atoms with Crippen molar-refractivity contribution in [3.63, 3.8) is 0 Å². The Labute approximate surface area is 111 Å². The Kier molecular flexibility index (Phi) is 13.4. The second-order valence-electron chi connectivity index (χ2n) is 4.62. The standard InChI is InChI=1S/C14H29I/c1-3-5-6-7-8-9-10-11-12-13-14(15)4-2/h14H,3-13H2,1-2H3. The molecule has 0 amide bonds. The smallest absolute Gasteiger partial charge is 0.0107 e. The number of halogens is 1. The van der Waals surface area contributed by atoms with E-state index in [-0.39, 0.29) is 0 Å². The Morgan fingerprint density at radius 3 is 1.67 bits per heavy atom. The maximum atomic E-state index is 2.59. The summed E-state index contributed by atoms with van der Waals surface area (Å²) >= 11 is 2.59. The quantitative estimate of drug-likeness (QED) is 0.244. The van der Waals surface area contributed by atoms with Crippen LogP contribution >= 0.6 is 22.6 Å². The van der Waals surface area contributed by atoms with Crippen LogP contribution in [-0.2, 0) is 0 Å². The van der Waals surface area contributed by atoms with E-state index in [2.05, 4.69) is 36.4 Å². The monoisotopic (exact) mass is 324 g/mol. The predicted molar refractivity (Wildman–Crippen MR) is 79.9 cm³/mol. The summed E-state index contributed by atoms with van der Waals surface area (Å²) < 4.78 is 0.923.